The molecule has 1 aliphatic rings. The maximum atomic E-state index is 13.1. The van der Waals surface area contributed by atoms with Crippen molar-refractivity contribution in [2.75, 3.05) is 37.7 Å². The predicted molar refractivity (Wildman–Crippen MR) is 119 cm³/mol. The molecule has 0 bridgehead atoms. The van der Waals surface area contributed by atoms with Gasteiger partial charge < -0.3 is 19.9 Å². The van der Waals surface area contributed by atoms with Crippen LogP contribution in [0.5, 0.6) is 5.75 Å². The standard InChI is InChI=1S/C23H28ClN3O3/c1-17(2)22(25-21(28)16-30-18-8-4-3-5-9-18)23(29)27-14-12-26(13-15-27)20-11-7-6-10-19(20)24/h3-11,17,22H,12-16H2,1-2H3,(H,25,28). The Labute approximate surface area is 182 Å². The molecule has 7 heteroatoms. The summed E-state index contributed by atoms with van der Waals surface area (Å²) >= 11 is 6.30. The topological polar surface area (TPSA) is 61.9 Å². The number of carbonyl (C=O) groups is 2. The molecule has 30 heavy (non-hydrogen) atoms. The minimum atomic E-state index is -0.580. The van der Waals surface area contributed by atoms with E-state index in [2.05, 4.69) is 10.2 Å². The molecule has 160 valence electrons. The normalized spacial score (nSPS) is 15.1. The monoisotopic (exact) mass is 429 g/mol. The molecule has 1 fully saturated rings. The highest BCUT2D eigenvalue weighted by atomic mass is 35.5. The molecule has 1 atom stereocenters. The smallest absolute Gasteiger partial charge is 0.258 e. The lowest BCUT2D eigenvalue weighted by molar-refractivity contribution is -0.138. The maximum Gasteiger partial charge on any atom is 0.258 e. The highest BCUT2D eigenvalue weighted by Gasteiger charge is 2.31. The van der Waals surface area contributed by atoms with Crippen molar-refractivity contribution >= 4 is 29.1 Å². The Kier molecular flexibility index (Phi) is 7.57. The van der Waals surface area contributed by atoms with Gasteiger partial charge in [-0.1, -0.05) is 55.8 Å². The molecule has 0 saturated carbocycles. The van der Waals surface area contributed by atoms with Crippen LogP contribution in [0.4, 0.5) is 5.69 Å². The highest BCUT2D eigenvalue weighted by Crippen LogP contribution is 2.26. The summed E-state index contributed by atoms with van der Waals surface area (Å²) in [5.74, 6) is 0.230. The van der Waals surface area contributed by atoms with Crippen LogP contribution in [-0.4, -0.2) is 55.5 Å². The van der Waals surface area contributed by atoms with Crippen molar-refractivity contribution in [3.8, 4) is 5.75 Å². The van der Waals surface area contributed by atoms with Crippen LogP contribution in [0.1, 0.15) is 13.8 Å². The van der Waals surface area contributed by atoms with Gasteiger partial charge in [-0.15, -0.1) is 0 Å². The van der Waals surface area contributed by atoms with E-state index >= 15 is 0 Å². The van der Waals surface area contributed by atoms with E-state index in [0.717, 1.165) is 5.69 Å². The third-order valence-electron chi connectivity index (χ3n) is 5.15. The summed E-state index contributed by atoms with van der Waals surface area (Å²) < 4.78 is 5.49. The lowest BCUT2D eigenvalue weighted by Crippen LogP contribution is -2.57. The third-order valence-corrected chi connectivity index (χ3v) is 5.47. The van der Waals surface area contributed by atoms with Gasteiger partial charge >= 0.3 is 0 Å². The molecule has 1 aliphatic heterocycles. The first kappa shape index (κ1) is 22.0. The van der Waals surface area contributed by atoms with Crippen LogP contribution in [-0.2, 0) is 9.59 Å². The molecule has 6 nitrogen and oxygen atoms in total. The van der Waals surface area contributed by atoms with Gasteiger partial charge in [0.05, 0.1) is 10.7 Å². The molecule has 0 aliphatic carbocycles. The van der Waals surface area contributed by atoms with Crippen molar-refractivity contribution in [1.29, 1.82) is 0 Å². The number of hydrogen-bond acceptors (Lipinski definition) is 4. The van der Waals surface area contributed by atoms with Gasteiger partial charge in [0, 0.05) is 26.2 Å². The van der Waals surface area contributed by atoms with Crippen molar-refractivity contribution in [3.63, 3.8) is 0 Å². The van der Waals surface area contributed by atoms with Gasteiger partial charge in [-0.25, -0.2) is 0 Å². The minimum Gasteiger partial charge on any atom is -0.484 e. The second kappa shape index (κ2) is 10.3. The van der Waals surface area contributed by atoms with Gasteiger partial charge in [-0.2, -0.15) is 0 Å². The van der Waals surface area contributed by atoms with Gasteiger partial charge in [-0.05, 0) is 30.2 Å². The van der Waals surface area contributed by atoms with Crippen LogP contribution >= 0.6 is 11.6 Å². The third kappa shape index (κ3) is 5.66. The van der Waals surface area contributed by atoms with E-state index in [9.17, 15) is 9.59 Å². The van der Waals surface area contributed by atoms with Gasteiger partial charge in [0.1, 0.15) is 11.8 Å². The van der Waals surface area contributed by atoms with Crippen molar-refractivity contribution < 1.29 is 14.3 Å². The van der Waals surface area contributed by atoms with Crippen molar-refractivity contribution in [1.82, 2.24) is 10.2 Å². The first-order valence-electron chi connectivity index (χ1n) is 10.2. The Balaban J connectivity index is 1.54. The number of nitrogens with zero attached hydrogens (tertiary/aromatic N) is 2. The molecule has 1 saturated heterocycles. The summed E-state index contributed by atoms with van der Waals surface area (Å²) in [5.41, 5.74) is 0.984. The Morgan fingerprint density at radius 3 is 2.27 bits per heavy atom. The van der Waals surface area contributed by atoms with Gasteiger partial charge in [0.25, 0.3) is 5.91 Å². The molecule has 2 aromatic carbocycles. The molecule has 2 amide bonds. The fourth-order valence-electron chi connectivity index (χ4n) is 3.47. The first-order valence-corrected chi connectivity index (χ1v) is 10.6. The molecule has 0 spiro atoms. The van der Waals surface area contributed by atoms with E-state index < -0.39 is 6.04 Å². The number of anilines is 1. The molecular weight excluding hydrogens is 402 g/mol. The van der Waals surface area contributed by atoms with Crippen LogP contribution in [0.25, 0.3) is 0 Å². The number of amides is 2. The summed E-state index contributed by atoms with van der Waals surface area (Å²) in [5, 5.41) is 3.56. The number of benzene rings is 2. The highest BCUT2D eigenvalue weighted by molar-refractivity contribution is 6.33. The molecule has 3 rings (SSSR count). The largest absolute Gasteiger partial charge is 0.484 e. The number of hydrogen-bond donors (Lipinski definition) is 1. The summed E-state index contributed by atoms with van der Waals surface area (Å²) in [6, 6.07) is 16.3. The number of carbonyl (C=O) groups excluding carboxylic acids is 2. The zero-order chi connectivity index (χ0) is 21.5. The Morgan fingerprint density at radius 1 is 1.00 bits per heavy atom. The summed E-state index contributed by atoms with van der Waals surface area (Å²) in [4.78, 5) is 29.4. The van der Waals surface area contributed by atoms with Crippen molar-refractivity contribution in [2.45, 2.75) is 19.9 Å². The number of nitrogens with one attached hydrogen (secondary N) is 1. The second-order valence-corrected chi connectivity index (χ2v) is 8.06. The van der Waals surface area contributed by atoms with Gasteiger partial charge in [-0.3, -0.25) is 9.59 Å². The van der Waals surface area contributed by atoms with Crippen LogP contribution in [0.2, 0.25) is 5.02 Å². The molecule has 0 aromatic heterocycles. The molecule has 2 aromatic rings. The van der Waals surface area contributed by atoms with Crippen LogP contribution in [0, 0.1) is 5.92 Å². The second-order valence-electron chi connectivity index (χ2n) is 7.65. The van der Waals surface area contributed by atoms with Crippen LogP contribution in [0.3, 0.4) is 0 Å². The SMILES string of the molecule is CC(C)C(NC(=O)COc1ccccc1)C(=O)N1CCN(c2ccccc2Cl)CC1. The zero-order valence-electron chi connectivity index (χ0n) is 17.4. The lowest BCUT2D eigenvalue weighted by Gasteiger charge is -2.38. The van der Waals surface area contributed by atoms with E-state index in [1.807, 2.05) is 61.2 Å². The molecule has 1 unspecified atom stereocenters. The van der Waals surface area contributed by atoms with E-state index in [0.29, 0.717) is 37.0 Å². The fourth-order valence-corrected chi connectivity index (χ4v) is 3.72. The van der Waals surface area contributed by atoms with Gasteiger partial charge in [0.2, 0.25) is 5.91 Å². The molecule has 0 radical (unpaired) electrons. The minimum absolute atomic E-state index is 0.0280. The van der Waals surface area contributed by atoms with Crippen molar-refractivity contribution in [2.24, 2.45) is 5.92 Å². The first-order chi connectivity index (χ1) is 14.5. The summed E-state index contributed by atoms with van der Waals surface area (Å²) in [6.07, 6.45) is 0. The average molecular weight is 430 g/mol. The maximum absolute atomic E-state index is 13.1. The van der Waals surface area contributed by atoms with Gasteiger partial charge in [0.15, 0.2) is 6.61 Å². The van der Waals surface area contributed by atoms with E-state index in [-0.39, 0.29) is 24.3 Å². The fraction of sp³-hybridized carbons (Fsp3) is 0.391. The summed E-state index contributed by atoms with van der Waals surface area (Å²) in [7, 11) is 0. The molecule has 1 N–H and O–H groups in total. The number of halogens is 1. The quantitative estimate of drug-likeness (QED) is 0.734. The van der Waals surface area contributed by atoms with Crippen LogP contribution in [0.15, 0.2) is 54.6 Å². The Morgan fingerprint density at radius 2 is 1.63 bits per heavy atom. The Bertz CT molecular complexity index is 852. The summed E-state index contributed by atoms with van der Waals surface area (Å²) in [6.45, 7) is 6.31. The van der Waals surface area contributed by atoms with E-state index in [1.54, 1.807) is 12.1 Å². The number of piperazine rings is 1. The van der Waals surface area contributed by atoms with E-state index in [4.69, 9.17) is 16.3 Å². The van der Waals surface area contributed by atoms with Crippen molar-refractivity contribution in [3.05, 3.63) is 59.6 Å². The van der Waals surface area contributed by atoms with Crippen LogP contribution < -0.4 is 15.0 Å². The predicted octanol–water partition coefficient (Wildman–Crippen LogP) is 3.21. The Hall–Kier alpha value is -2.73. The lowest BCUT2D eigenvalue weighted by atomic mass is 10.0. The number of para-hydroxylation sites is 2. The van der Waals surface area contributed by atoms with E-state index in [1.165, 1.54) is 0 Å². The number of rotatable bonds is 7. The number of ether oxygens (including phenoxy) is 1. The molecule has 1 heterocycles. The molecular formula is C23H28ClN3O3. The zero-order valence-corrected chi connectivity index (χ0v) is 18.1. The average Bonchev–Trinajstić information content (AvgIpc) is 2.76.